The Kier molecular flexibility index (Phi) is 11.4. The summed E-state index contributed by atoms with van der Waals surface area (Å²) in [5.41, 5.74) is 4.78. The van der Waals surface area contributed by atoms with Gasteiger partial charge in [-0.05, 0) is 140 Å². The minimum Gasteiger partial charge on any atom is -0.464 e. The molecular formula is C57H75N3O7. The van der Waals surface area contributed by atoms with Crippen molar-refractivity contribution in [3.05, 3.63) is 70.1 Å². The van der Waals surface area contributed by atoms with E-state index in [-0.39, 0.29) is 87.9 Å². The molecule has 1 aromatic carbocycles. The smallest absolute Gasteiger partial charge is 0.310 e. The Morgan fingerprint density at radius 1 is 0.881 bits per heavy atom. The molecule has 0 radical (unpaired) electrons. The van der Waals surface area contributed by atoms with Crippen LogP contribution in [0.3, 0.4) is 0 Å². The number of pyridine rings is 1. The summed E-state index contributed by atoms with van der Waals surface area (Å²) in [6, 6.07) is 9.71. The lowest BCUT2D eigenvalue weighted by Gasteiger charge is -2.72. The number of nitrogens with zero attached hydrogens (tertiary/aromatic N) is 2. The average molecular weight is 914 g/mol. The maximum Gasteiger partial charge on any atom is 0.310 e. The summed E-state index contributed by atoms with van der Waals surface area (Å²) in [5, 5.41) is 3.56. The van der Waals surface area contributed by atoms with E-state index in [1.54, 1.807) is 0 Å². The highest BCUT2D eigenvalue weighted by molar-refractivity contribution is 6.08. The fourth-order valence-corrected chi connectivity index (χ4v) is 15.9. The highest BCUT2D eigenvalue weighted by Gasteiger charge is 2.71. The van der Waals surface area contributed by atoms with Crippen LogP contribution in [0.2, 0.25) is 0 Å². The van der Waals surface area contributed by atoms with Gasteiger partial charge in [0.1, 0.15) is 12.2 Å². The number of Topliss-reactive ketones (excluding diaryl/α,β-unsaturated/α-hetero) is 2. The molecule has 1 amide bonds. The lowest BCUT2D eigenvalue weighted by atomic mass is 9.33. The van der Waals surface area contributed by atoms with E-state index in [0.29, 0.717) is 43.1 Å². The van der Waals surface area contributed by atoms with Crippen LogP contribution in [0.15, 0.2) is 52.7 Å². The Morgan fingerprint density at radius 2 is 1.63 bits per heavy atom. The maximum atomic E-state index is 14.8. The number of aliphatic imine (C=N–C) groups is 1. The number of ether oxygens (including phenoxy) is 2. The minimum absolute atomic E-state index is 0.00934. The maximum absolute atomic E-state index is 14.8. The third kappa shape index (κ3) is 7.24. The molecule has 2 aromatic rings. The number of carbonyl (C=O) groups excluding carboxylic acids is 5. The number of hydrogen-bond donors (Lipinski definition) is 1. The molecule has 10 heteroatoms. The standard InChI is InChI=1S/C57H75N3O7/c1-32(2)47-42(63)29-57(60-50(65)51(4,5)28-41(62)35-16-15-34-25-40(59-39(34)26-35)36-14-13-33(3)58-30-36)24-23-55(11)37(48(47)57)17-18-44-54(10)21-20-45(53(8,9)43(54)19-22-56(44,55)12)67-49(64)38-27-46(66-31-61)52(38,6)7/h13-16,26,30-32,37-38,43-46H,17-25,27-29H2,1-12H3,(H,60,65)/t37-,38-,43+,44-,45+,46-,54+,55-,56-,57-/m1/s1. The summed E-state index contributed by atoms with van der Waals surface area (Å²) in [6.45, 7) is 26.6. The van der Waals surface area contributed by atoms with Gasteiger partial charge in [-0.3, -0.25) is 33.9 Å². The SMILES string of the molecule is Cc1ccc(C2=Nc3cc(C(=O)CC(C)(C)C(=O)N[C@@]45CC[C@]6(C)[C@H](CC[C@@H]7[C@@]8(C)CC[C@H](OC(=O)[C@H]9C[C@@H](OC=O)C9(C)C)C(C)(C)[C@@H]8CC[C@]76C)C4=C(C(C)C)C(=O)C5)ccc3C2)cn1. The Hall–Kier alpha value is -4.47. The van der Waals surface area contributed by atoms with Crippen molar-refractivity contribution < 1.29 is 33.4 Å². The Balaban J connectivity index is 0.928. The van der Waals surface area contributed by atoms with E-state index < -0.39 is 16.4 Å². The monoisotopic (exact) mass is 914 g/mol. The topological polar surface area (TPSA) is 141 Å². The van der Waals surface area contributed by atoms with E-state index in [0.717, 1.165) is 78.7 Å². The largest absolute Gasteiger partial charge is 0.464 e. The van der Waals surface area contributed by atoms with Crippen LogP contribution in [0.1, 0.15) is 174 Å². The van der Waals surface area contributed by atoms with Crippen molar-refractivity contribution in [2.45, 2.75) is 178 Å². The predicted octanol–water partition coefficient (Wildman–Crippen LogP) is 11.0. The molecule has 67 heavy (non-hydrogen) atoms. The van der Waals surface area contributed by atoms with Crippen LogP contribution in [0.4, 0.5) is 5.69 Å². The second kappa shape index (κ2) is 16.0. The second-order valence-electron chi connectivity index (χ2n) is 25.1. The predicted molar refractivity (Wildman–Crippen MR) is 259 cm³/mol. The number of ketones is 2. The van der Waals surface area contributed by atoms with Crippen molar-refractivity contribution in [1.82, 2.24) is 10.3 Å². The van der Waals surface area contributed by atoms with Gasteiger partial charge >= 0.3 is 5.97 Å². The molecule has 5 saturated carbocycles. The molecule has 1 N–H and O–H groups in total. The molecule has 0 unspecified atom stereocenters. The first-order chi connectivity index (χ1) is 31.3. The Bertz CT molecular complexity index is 2480. The summed E-state index contributed by atoms with van der Waals surface area (Å²) in [4.78, 5) is 77.4. The van der Waals surface area contributed by atoms with Crippen molar-refractivity contribution in [1.29, 1.82) is 0 Å². The van der Waals surface area contributed by atoms with E-state index in [4.69, 9.17) is 14.5 Å². The third-order valence-electron chi connectivity index (χ3n) is 20.1. The third-order valence-corrected chi connectivity index (χ3v) is 20.1. The Labute approximate surface area is 398 Å². The minimum atomic E-state index is -1.03. The molecule has 0 saturated heterocycles. The van der Waals surface area contributed by atoms with Crippen LogP contribution in [0, 0.1) is 69.0 Å². The number of aryl methyl sites for hydroxylation is 1. The zero-order valence-corrected chi connectivity index (χ0v) is 42.3. The number of amides is 1. The first-order valence-electron chi connectivity index (χ1n) is 25.4. The summed E-state index contributed by atoms with van der Waals surface area (Å²) in [7, 11) is 0. The number of allylic oxidation sites excluding steroid dienone is 1. The number of hydrogen-bond acceptors (Lipinski definition) is 9. The van der Waals surface area contributed by atoms with Crippen LogP contribution < -0.4 is 5.32 Å². The summed E-state index contributed by atoms with van der Waals surface area (Å²) in [5.74, 6) is 0.389. The highest BCUT2D eigenvalue weighted by atomic mass is 16.6. The van der Waals surface area contributed by atoms with E-state index >= 15 is 0 Å². The van der Waals surface area contributed by atoms with Gasteiger partial charge in [-0.15, -0.1) is 0 Å². The lowest BCUT2D eigenvalue weighted by Crippen LogP contribution is -2.67. The molecule has 0 spiro atoms. The molecular weight excluding hydrogens is 839 g/mol. The van der Waals surface area contributed by atoms with Crippen LogP contribution in [0.25, 0.3) is 0 Å². The van der Waals surface area contributed by atoms with Gasteiger partial charge in [0.2, 0.25) is 5.91 Å². The van der Waals surface area contributed by atoms with Gasteiger partial charge < -0.3 is 14.8 Å². The van der Waals surface area contributed by atoms with Crippen molar-refractivity contribution in [3.8, 4) is 0 Å². The normalized spacial score (nSPS) is 35.8. The van der Waals surface area contributed by atoms with Crippen molar-refractivity contribution >= 4 is 41.3 Å². The quantitative estimate of drug-likeness (QED) is 0.133. The molecule has 5 fully saturated rings. The molecule has 9 rings (SSSR count). The zero-order chi connectivity index (χ0) is 48.4. The molecule has 6 aliphatic carbocycles. The number of fused-ring (bicyclic) bond motifs is 8. The number of aromatic nitrogens is 1. The van der Waals surface area contributed by atoms with E-state index in [2.05, 4.69) is 58.8 Å². The van der Waals surface area contributed by atoms with Crippen LogP contribution in [-0.2, 0) is 35.1 Å². The molecule has 7 aliphatic rings. The molecule has 360 valence electrons. The average Bonchev–Trinajstić information content (AvgIpc) is 3.81. The van der Waals surface area contributed by atoms with Gasteiger partial charge in [0.25, 0.3) is 6.47 Å². The number of esters is 1. The second-order valence-corrected chi connectivity index (χ2v) is 25.1. The molecule has 1 aliphatic heterocycles. The number of benzene rings is 1. The lowest BCUT2D eigenvalue weighted by molar-refractivity contribution is -0.236. The van der Waals surface area contributed by atoms with E-state index in [9.17, 15) is 24.0 Å². The molecule has 2 heterocycles. The van der Waals surface area contributed by atoms with Crippen molar-refractivity contribution in [2.75, 3.05) is 0 Å². The van der Waals surface area contributed by atoms with Gasteiger partial charge in [0.15, 0.2) is 11.6 Å². The van der Waals surface area contributed by atoms with Crippen LogP contribution in [-0.4, -0.2) is 58.4 Å². The first-order valence-corrected chi connectivity index (χ1v) is 25.4. The van der Waals surface area contributed by atoms with Gasteiger partial charge in [-0.2, -0.15) is 0 Å². The van der Waals surface area contributed by atoms with Gasteiger partial charge in [-0.25, -0.2) is 0 Å². The Morgan fingerprint density at radius 3 is 2.30 bits per heavy atom. The summed E-state index contributed by atoms with van der Waals surface area (Å²) >= 11 is 0. The molecule has 0 bridgehead atoms. The van der Waals surface area contributed by atoms with Gasteiger partial charge in [-0.1, -0.05) is 88.3 Å². The zero-order valence-electron chi connectivity index (χ0n) is 42.3. The molecule has 10 nitrogen and oxygen atoms in total. The summed E-state index contributed by atoms with van der Waals surface area (Å²) < 4.78 is 11.8. The number of rotatable bonds is 11. The molecule has 1 aromatic heterocycles. The fourth-order valence-electron chi connectivity index (χ4n) is 15.9. The van der Waals surface area contributed by atoms with E-state index in [1.165, 1.54) is 5.57 Å². The van der Waals surface area contributed by atoms with Crippen LogP contribution >= 0.6 is 0 Å². The highest BCUT2D eigenvalue weighted by Crippen LogP contribution is 2.76. The summed E-state index contributed by atoms with van der Waals surface area (Å²) in [6.07, 6.45) is 10.4. The van der Waals surface area contributed by atoms with Crippen molar-refractivity contribution in [2.24, 2.45) is 67.1 Å². The number of nitrogens with one attached hydrogen (secondary N) is 1. The molecule has 10 atom stereocenters. The first kappa shape index (κ1) is 47.6. The number of carbonyl (C=O) groups is 5. The van der Waals surface area contributed by atoms with Crippen LogP contribution in [0.5, 0.6) is 0 Å². The van der Waals surface area contributed by atoms with Gasteiger partial charge in [0, 0.05) is 53.1 Å². The van der Waals surface area contributed by atoms with Crippen molar-refractivity contribution in [3.63, 3.8) is 0 Å². The van der Waals surface area contributed by atoms with Gasteiger partial charge in [0.05, 0.1) is 28.3 Å². The van der Waals surface area contributed by atoms with E-state index in [1.807, 2.05) is 71.1 Å². The fraction of sp³-hybridized carbons (Fsp3) is 0.667.